The normalized spacial score (nSPS) is 9.83. The first-order chi connectivity index (χ1) is 11.3. The maximum atomic E-state index is 10.7. The summed E-state index contributed by atoms with van der Waals surface area (Å²) >= 11 is 8.20. The van der Waals surface area contributed by atoms with E-state index in [9.17, 15) is 9.59 Å². The van der Waals surface area contributed by atoms with Crippen molar-refractivity contribution in [2.45, 2.75) is 13.8 Å². The molecule has 0 aliphatic heterocycles. The van der Waals surface area contributed by atoms with Gasteiger partial charge in [0.1, 0.15) is 13.8 Å². The molecule has 0 bridgehead atoms. The van der Waals surface area contributed by atoms with Gasteiger partial charge in [-0.25, -0.2) is 4.79 Å². The van der Waals surface area contributed by atoms with Crippen molar-refractivity contribution in [2.24, 2.45) is 5.73 Å². The number of nitrogens with two attached hydrogens (primary N) is 1. The topological polar surface area (TPSA) is 125 Å². The van der Waals surface area contributed by atoms with Crippen LogP contribution in [0.25, 0.3) is 0 Å². The number of hydrogen-bond donors (Lipinski definition) is 2. The molecule has 8 nitrogen and oxygen atoms in total. The molecule has 2 aromatic rings. The summed E-state index contributed by atoms with van der Waals surface area (Å²) in [7, 11) is 0. The summed E-state index contributed by atoms with van der Waals surface area (Å²) in [5.74, 6) is -0.716. The summed E-state index contributed by atoms with van der Waals surface area (Å²) in [6.07, 6.45) is 0. The van der Waals surface area contributed by atoms with Gasteiger partial charge in [0, 0.05) is 0 Å². The van der Waals surface area contributed by atoms with Crippen LogP contribution in [0.2, 0.25) is 0 Å². The first-order valence-electron chi connectivity index (χ1n) is 6.42. The summed E-state index contributed by atoms with van der Waals surface area (Å²) in [4.78, 5) is 21.8. The highest BCUT2D eigenvalue weighted by Gasteiger charge is 2.17. The molecule has 0 saturated heterocycles. The molecule has 0 aliphatic rings. The van der Waals surface area contributed by atoms with Crippen LogP contribution < -0.4 is 15.2 Å². The van der Waals surface area contributed by atoms with Gasteiger partial charge in [-0.1, -0.05) is 0 Å². The van der Waals surface area contributed by atoms with Crippen molar-refractivity contribution in [3.63, 3.8) is 0 Å². The molecule has 24 heavy (non-hydrogen) atoms. The molecule has 0 fully saturated rings. The molecule has 12 heteroatoms. The van der Waals surface area contributed by atoms with Crippen LogP contribution in [0.3, 0.4) is 0 Å². The molecule has 0 aromatic carbocycles. The zero-order valence-electron chi connectivity index (χ0n) is 12.5. The zero-order chi connectivity index (χ0) is 18.3. The number of carbonyl (C=O) groups excluding carboxylic acids is 1. The highest BCUT2D eigenvalue weighted by atomic mass is 79.9. The van der Waals surface area contributed by atoms with Crippen LogP contribution in [0.15, 0.2) is 8.95 Å². The number of nitrogens with zero attached hydrogens (tertiary/aromatic N) is 2. The van der Waals surface area contributed by atoms with Gasteiger partial charge >= 0.3 is 5.97 Å². The van der Waals surface area contributed by atoms with E-state index in [1.165, 1.54) is 0 Å². The van der Waals surface area contributed by atoms with Crippen molar-refractivity contribution >= 4 is 66.8 Å². The van der Waals surface area contributed by atoms with Gasteiger partial charge in [-0.2, -0.15) is 8.75 Å². The predicted molar refractivity (Wildman–Crippen MR) is 97.4 cm³/mol. The second kappa shape index (κ2) is 9.91. The van der Waals surface area contributed by atoms with Gasteiger partial charge in [0.05, 0.1) is 13.2 Å². The van der Waals surface area contributed by atoms with Crippen LogP contribution in [-0.2, 0) is 0 Å². The van der Waals surface area contributed by atoms with Crippen molar-refractivity contribution in [3.05, 3.63) is 18.7 Å². The van der Waals surface area contributed by atoms with E-state index >= 15 is 0 Å². The smallest absolute Gasteiger partial charge is 0.348 e. The highest BCUT2D eigenvalue weighted by molar-refractivity contribution is 9.11. The molecule has 3 N–H and O–H groups in total. The van der Waals surface area contributed by atoms with E-state index in [0.717, 1.165) is 23.1 Å². The molecule has 2 rings (SSSR count). The van der Waals surface area contributed by atoms with Crippen molar-refractivity contribution < 1.29 is 24.2 Å². The Morgan fingerprint density at radius 3 is 1.75 bits per heavy atom. The van der Waals surface area contributed by atoms with Crippen LogP contribution >= 0.6 is 54.9 Å². The number of ether oxygens (including phenoxy) is 2. The molecule has 2 heterocycles. The molecular formula is C12H13Br2N3O5S2. The van der Waals surface area contributed by atoms with Gasteiger partial charge in [0.2, 0.25) is 11.8 Å². The Morgan fingerprint density at radius 2 is 1.46 bits per heavy atom. The Bertz CT molecular complexity index is 659. The van der Waals surface area contributed by atoms with E-state index in [2.05, 4.69) is 40.6 Å². The molecule has 0 spiro atoms. The van der Waals surface area contributed by atoms with Crippen LogP contribution in [-0.4, -0.2) is 38.9 Å². The molecule has 0 radical (unpaired) electrons. The first-order valence-corrected chi connectivity index (χ1v) is 9.55. The summed E-state index contributed by atoms with van der Waals surface area (Å²) in [6.45, 7) is 4.64. The average molecular weight is 503 g/mol. The Labute approximate surface area is 162 Å². The van der Waals surface area contributed by atoms with Crippen molar-refractivity contribution in [3.8, 4) is 11.8 Å². The number of halogens is 2. The molecule has 0 aliphatic carbocycles. The number of primary amides is 1. The predicted octanol–water partition coefficient (Wildman–Crippen LogP) is 3.41. The fourth-order valence-electron chi connectivity index (χ4n) is 1.27. The van der Waals surface area contributed by atoms with Crippen molar-refractivity contribution in [1.29, 1.82) is 0 Å². The third kappa shape index (κ3) is 5.40. The minimum Gasteiger partial charge on any atom is -0.477 e. The lowest BCUT2D eigenvalue weighted by Gasteiger charge is -1.96. The van der Waals surface area contributed by atoms with E-state index in [0.29, 0.717) is 38.8 Å². The van der Waals surface area contributed by atoms with Crippen LogP contribution in [0.5, 0.6) is 11.8 Å². The fourth-order valence-corrected chi connectivity index (χ4v) is 3.85. The molecule has 0 saturated carbocycles. The standard InChI is InChI=1S/C6H7BrN2O2S.C6H6BrNO3S/c1-2-11-6-3(7)4(5(8)10)12-9-6;1-2-11-5-3(7)4(6(9)10)12-8-5/h2H2,1H3,(H2,8,10);2H2,1H3,(H,9,10). The second-order valence-electron chi connectivity index (χ2n) is 3.80. The van der Waals surface area contributed by atoms with Gasteiger partial charge in [-0.05, 0) is 68.8 Å². The molecule has 0 atom stereocenters. The Kier molecular flexibility index (Phi) is 8.59. The number of carboxylic acids is 1. The third-order valence-corrected chi connectivity index (χ3v) is 5.85. The van der Waals surface area contributed by atoms with E-state index in [-0.39, 0.29) is 4.88 Å². The maximum absolute atomic E-state index is 10.7. The minimum atomic E-state index is -0.995. The Morgan fingerprint density at radius 1 is 1.04 bits per heavy atom. The number of carbonyl (C=O) groups is 2. The largest absolute Gasteiger partial charge is 0.477 e. The van der Waals surface area contributed by atoms with E-state index in [4.69, 9.17) is 20.3 Å². The molecule has 132 valence electrons. The van der Waals surface area contributed by atoms with E-state index in [1.54, 1.807) is 0 Å². The first kappa shape index (κ1) is 20.8. The fraction of sp³-hybridized carbons (Fsp3) is 0.333. The monoisotopic (exact) mass is 501 g/mol. The SMILES string of the molecule is CCOc1nsc(C(=O)O)c1Br.CCOc1nsc(C(N)=O)c1Br. The Balaban J connectivity index is 0.000000240. The number of rotatable bonds is 6. The number of amides is 1. The molecular weight excluding hydrogens is 490 g/mol. The van der Waals surface area contributed by atoms with Gasteiger partial charge in [-0.3, -0.25) is 4.79 Å². The average Bonchev–Trinajstić information content (AvgIpc) is 3.05. The third-order valence-electron chi connectivity index (χ3n) is 2.19. The summed E-state index contributed by atoms with van der Waals surface area (Å²) in [6, 6.07) is 0. The maximum Gasteiger partial charge on any atom is 0.348 e. The quantitative estimate of drug-likeness (QED) is 0.619. The van der Waals surface area contributed by atoms with Crippen molar-refractivity contribution in [1.82, 2.24) is 8.75 Å². The summed E-state index contributed by atoms with van der Waals surface area (Å²) < 4.78 is 18.8. The molecule has 2 aromatic heterocycles. The zero-order valence-corrected chi connectivity index (χ0v) is 17.3. The molecule has 0 unspecified atom stereocenters. The van der Waals surface area contributed by atoms with Gasteiger partial charge in [0.25, 0.3) is 5.91 Å². The molecule has 1 amide bonds. The van der Waals surface area contributed by atoms with E-state index < -0.39 is 11.9 Å². The Hall–Kier alpha value is -1.24. The van der Waals surface area contributed by atoms with Gasteiger partial charge in [0.15, 0.2) is 4.88 Å². The summed E-state index contributed by atoms with van der Waals surface area (Å²) in [5.41, 5.74) is 5.07. The second-order valence-corrected chi connectivity index (χ2v) is 6.93. The number of hydrogen-bond acceptors (Lipinski definition) is 8. The number of aromatic carboxylic acids is 1. The summed E-state index contributed by atoms with van der Waals surface area (Å²) in [5, 5.41) is 8.63. The van der Waals surface area contributed by atoms with E-state index in [1.807, 2.05) is 13.8 Å². The van der Waals surface area contributed by atoms with Crippen LogP contribution in [0.1, 0.15) is 33.2 Å². The van der Waals surface area contributed by atoms with Crippen LogP contribution in [0.4, 0.5) is 0 Å². The van der Waals surface area contributed by atoms with Gasteiger partial charge in [-0.15, -0.1) is 0 Å². The highest BCUT2D eigenvalue weighted by Crippen LogP contribution is 2.31. The minimum absolute atomic E-state index is 0.165. The lowest BCUT2D eigenvalue weighted by atomic mass is 10.5. The lowest BCUT2D eigenvalue weighted by Crippen LogP contribution is -2.09. The van der Waals surface area contributed by atoms with Crippen LogP contribution in [0, 0.1) is 0 Å². The van der Waals surface area contributed by atoms with Crippen molar-refractivity contribution in [2.75, 3.05) is 13.2 Å². The lowest BCUT2D eigenvalue weighted by molar-refractivity contribution is 0.0700. The van der Waals surface area contributed by atoms with Gasteiger partial charge < -0.3 is 20.3 Å². The number of aromatic nitrogens is 2. The number of carboxylic acid groups (broad SMARTS) is 1.